The lowest BCUT2D eigenvalue weighted by Gasteiger charge is -2.19. The van der Waals surface area contributed by atoms with E-state index in [0.29, 0.717) is 11.4 Å². The molecule has 1 amide bonds. The van der Waals surface area contributed by atoms with E-state index < -0.39 is 5.92 Å². The number of hydrogen-bond acceptors (Lipinski definition) is 4. The van der Waals surface area contributed by atoms with Gasteiger partial charge in [0.15, 0.2) is 0 Å². The van der Waals surface area contributed by atoms with Crippen LogP contribution in [0.15, 0.2) is 47.5 Å². The normalized spacial score (nSPS) is 17.4. The minimum Gasteiger partial charge on any atom is -0.379 e. The van der Waals surface area contributed by atoms with Crippen molar-refractivity contribution in [1.29, 1.82) is 0 Å². The standard InChI is InChI=1S/C20H23FN4O/c1-13(12-25(2)3)23-19-9-8-14(10-17(19)21)22-11-16-15-6-4-5-7-18(15)24-20(16)26/h4-11,13,16,23H,12H2,1-3H3,(H,24,26). The molecule has 0 spiro atoms. The van der Waals surface area contributed by atoms with Crippen LogP contribution in [0, 0.1) is 5.82 Å². The van der Waals surface area contributed by atoms with Gasteiger partial charge in [0.2, 0.25) is 5.91 Å². The van der Waals surface area contributed by atoms with E-state index in [4.69, 9.17) is 0 Å². The molecule has 5 nitrogen and oxygen atoms in total. The molecule has 2 aromatic carbocycles. The van der Waals surface area contributed by atoms with E-state index in [-0.39, 0.29) is 17.8 Å². The van der Waals surface area contributed by atoms with Crippen molar-refractivity contribution in [2.24, 2.45) is 4.99 Å². The highest BCUT2D eigenvalue weighted by atomic mass is 19.1. The summed E-state index contributed by atoms with van der Waals surface area (Å²) in [5.74, 6) is -0.931. The van der Waals surface area contributed by atoms with Gasteiger partial charge in [0.25, 0.3) is 0 Å². The Bertz CT molecular complexity index is 834. The summed E-state index contributed by atoms with van der Waals surface area (Å²) >= 11 is 0. The van der Waals surface area contributed by atoms with Crippen molar-refractivity contribution >= 4 is 29.2 Å². The van der Waals surface area contributed by atoms with Crippen LogP contribution in [0.3, 0.4) is 0 Å². The fourth-order valence-electron chi connectivity index (χ4n) is 3.10. The minimum atomic E-state index is -0.452. The molecule has 1 aliphatic rings. The van der Waals surface area contributed by atoms with Crippen LogP contribution in [-0.4, -0.2) is 43.7 Å². The zero-order chi connectivity index (χ0) is 18.7. The first kappa shape index (κ1) is 18.1. The van der Waals surface area contributed by atoms with Gasteiger partial charge < -0.3 is 15.5 Å². The van der Waals surface area contributed by atoms with Gasteiger partial charge in [0.05, 0.1) is 11.4 Å². The first-order chi connectivity index (χ1) is 12.4. The Balaban J connectivity index is 1.72. The lowest BCUT2D eigenvalue weighted by atomic mass is 10.0. The molecule has 2 atom stereocenters. The quantitative estimate of drug-likeness (QED) is 0.779. The molecule has 136 valence electrons. The average molecular weight is 354 g/mol. The first-order valence-electron chi connectivity index (χ1n) is 8.59. The van der Waals surface area contributed by atoms with Gasteiger partial charge in [-0.1, -0.05) is 18.2 Å². The number of anilines is 2. The number of carbonyl (C=O) groups is 1. The van der Waals surface area contributed by atoms with Gasteiger partial charge in [-0.2, -0.15) is 0 Å². The van der Waals surface area contributed by atoms with Crippen LogP contribution >= 0.6 is 0 Å². The molecule has 2 unspecified atom stereocenters. The zero-order valence-corrected chi connectivity index (χ0v) is 15.2. The molecule has 3 rings (SSSR count). The maximum absolute atomic E-state index is 14.3. The molecule has 26 heavy (non-hydrogen) atoms. The molecule has 0 radical (unpaired) electrons. The van der Waals surface area contributed by atoms with Crippen LogP contribution in [-0.2, 0) is 4.79 Å². The van der Waals surface area contributed by atoms with E-state index >= 15 is 0 Å². The van der Waals surface area contributed by atoms with E-state index in [9.17, 15) is 9.18 Å². The fourth-order valence-corrected chi connectivity index (χ4v) is 3.10. The number of nitrogens with zero attached hydrogens (tertiary/aromatic N) is 2. The van der Waals surface area contributed by atoms with Gasteiger partial charge >= 0.3 is 0 Å². The summed E-state index contributed by atoms with van der Waals surface area (Å²) in [5, 5.41) is 5.98. The molecule has 2 N–H and O–H groups in total. The predicted molar refractivity (Wildman–Crippen MR) is 104 cm³/mol. The average Bonchev–Trinajstić information content (AvgIpc) is 2.90. The summed E-state index contributed by atoms with van der Waals surface area (Å²) in [6, 6.07) is 12.4. The molecular formula is C20H23FN4O. The molecule has 6 heteroatoms. The number of benzene rings is 2. The number of hydrogen-bond donors (Lipinski definition) is 2. The van der Waals surface area contributed by atoms with Crippen molar-refractivity contribution in [3.05, 3.63) is 53.8 Å². The van der Waals surface area contributed by atoms with Gasteiger partial charge in [0.1, 0.15) is 11.7 Å². The number of amides is 1. The molecule has 0 bridgehead atoms. The second kappa shape index (κ2) is 7.66. The Labute approximate surface area is 152 Å². The summed E-state index contributed by atoms with van der Waals surface area (Å²) < 4.78 is 14.3. The second-order valence-electron chi connectivity index (χ2n) is 6.80. The summed E-state index contributed by atoms with van der Waals surface area (Å²) in [6.45, 7) is 2.80. The van der Waals surface area contributed by atoms with Crippen molar-refractivity contribution in [3.63, 3.8) is 0 Å². The largest absolute Gasteiger partial charge is 0.379 e. The number of halogens is 1. The van der Waals surface area contributed by atoms with E-state index in [0.717, 1.165) is 17.8 Å². The Morgan fingerprint density at radius 1 is 1.31 bits per heavy atom. The summed E-state index contributed by atoms with van der Waals surface area (Å²) in [5.41, 5.74) is 2.61. The lowest BCUT2D eigenvalue weighted by molar-refractivity contribution is -0.115. The number of para-hydroxylation sites is 1. The number of likely N-dealkylation sites (N-methyl/N-ethyl adjacent to an activating group) is 1. The summed E-state index contributed by atoms with van der Waals surface area (Å²) in [7, 11) is 3.95. The van der Waals surface area contributed by atoms with Crippen molar-refractivity contribution in [1.82, 2.24) is 4.90 Å². The minimum absolute atomic E-state index is 0.118. The molecule has 1 heterocycles. The van der Waals surface area contributed by atoms with E-state index in [2.05, 4.69) is 15.6 Å². The molecule has 0 fully saturated rings. The van der Waals surface area contributed by atoms with Gasteiger partial charge in [0, 0.05) is 30.6 Å². The summed E-state index contributed by atoms with van der Waals surface area (Å²) in [4.78, 5) is 18.4. The van der Waals surface area contributed by atoms with Crippen LogP contribution in [0.4, 0.5) is 21.5 Å². The number of carbonyl (C=O) groups excluding carboxylic acids is 1. The third-order valence-corrected chi connectivity index (χ3v) is 4.20. The number of fused-ring (bicyclic) bond motifs is 1. The topological polar surface area (TPSA) is 56.7 Å². The van der Waals surface area contributed by atoms with E-state index in [1.165, 1.54) is 6.07 Å². The van der Waals surface area contributed by atoms with Crippen molar-refractivity contribution in [2.45, 2.75) is 18.9 Å². The highest BCUT2D eigenvalue weighted by Gasteiger charge is 2.28. The molecule has 1 aliphatic heterocycles. The van der Waals surface area contributed by atoms with Gasteiger partial charge in [-0.15, -0.1) is 0 Å². The Kier molecular flexibility index (Phi) is 5.32. The Hall–Kier alpha value is -2.73. The highest BCUT2D eigenvalue weighted by Crippen LogP contribution is 2.31. The Morgan fingerprint density at radius 3 is 2.81 bits per heavy atom. The number of aliphatic imine (C=N–C) groups is 1. The lowest BCUT2D eigenvalue weighted by Crippen LogP contribution is -2.29. The van der Waals surface area contributed by atoms with Crippen LogP contribution < -0.4 is 10.6 Å². The third kappa shape index (κ3) is 4.08. The zero-order valence-electron chi connectivity index (χ0n) is 15.2. The van der Waals surface area contributed by atoms with Crippen LogP contribution in [0.1, 0.15) is 18.4 Å². The number of nitrogens with one attached hydrogen (secondary N) is 2. The molecule has 0 saturated carbocycles. The fraction of sp³-hybridized carbons (Fsp3) is 0.300. The third-order valence-electron chi connectivity index (χ3n) is 4.20. The van der Waals surface area contributed by atoms with Crippen molar-refractivity contribution in [3.8, 4) is 0 Å². The maximum atomic E-state index is 14.3. The van der Waals surface area contributed by atoms with Crippen molar-refractivity contribution < 1.29 is 9.18 Å². The monoisotopic (exact) mass is 354 g/mol. The van der Waals surface area contributed by atoms with Crippen LogP contribution in [0.25, 0.3) is 0 Å². The van der Waals surface area contributed by atoms with Crippen LogP contribution in [0.5, 0.6) is 0 Å². The molecule has 0 saturated heterocycles. The van der Waals surface area contributed by atoms with Crippen molar-refractivity contribution in [2.75, 3.05) is 31.3 Å². The van der Waals surface area contributed by atoms with E-state index in [1.807, 2.05) is 50.2 Å². The Morgan fingerprint density at radius 2 is 2.08 bits per heavy atom. The first-order valence-corrected chi connectivity index (χ1v) is 8.59. The second-order valence-corrected chi connectivity index (χ2v) is 6.80. The number of rotatable bonds is 6. The van der Waals surface area contributed by atoms with Gasteiger partial charge in [-0.3, -0.25) is 9.79 Å². The molecule has 0 aromatic heterocycles. The maximum Gasteiger partial charge on any atom is 0.237 e. The smallest absolute Gasteiger partial charge is 0.237 e. The SMILES string of the molecule is CC(CN(C)C)Nc1ccc(N=CC2C(=O)Nc3ccccc32)cc1F. The molecular weight excluding hydrogens is 331 g/mol. The molecule has 0 aliphatic carbocycles. The summed E-state index contributed by atoms with van der Waals surface area (Å²) in [6.07, 6.45) is 1.57. The predicted octanol–water partition coefficient (Wildman–Crippen LogP) is 3.63. The molecule has 2 aromatic rings. The van der Waals surface area contributed by atoms with Gasteiger partial charge in [-0.25, -0.2) is 4.39 Å². The van der Waals surface area contributed by atoms with Crippen LogP contribution in [0.2, 0.25) is 0 Å². The van der Waals surface area contributed by atoms with E-state index in [1.54, 1.807) is 18.3 Å². The van der Waals surface area contributed by atoms with Gasteiger partial charge in [-0.05, 0) is 44.8 Å². The highest BCUT2D eigenvalue weighted by molar-refractivity contribution is 6.12.